The zero-order chi connectivity index (χ0) is 21.4. The van der Waals surface area contributed by atoms with E-state index in [0.29, 0.717) is 5.69 Å². The summed E-state index contributed by atoms with van der Waals surface area (Å²) in [6.07, 6.45) is -0.253. The molecule has 0 aromatic heterocycles. The summed E-state index contributed by atoms with van der Waals surface area (Å²) in [4.78, 5) is 17.9. The van der Waals surface area contributed by atoms with Crippen LogP contribution in [0, 0.1) is 6.92 Å². The van der Waals surface area contributed by atoms with E-state index in [1.54, 1.807) is 45.9 Å². The Bertz CT molecular complexity index is 932. The Balaban J connectivity index is 1.64. The van der Waals surface area contributed by atoms with Crippen molar-refractivity contribution < 1.29 is 22.3 Å². The molecule has 0 aliphatic carbocycles. The first-order valence-corrected chi connectivity index (χ1v) is 11.0. The maximum Gasteiger partial charge on any atom is 0.410 e. The Morgan fingerprint density at radius 3 is 2.59 bits per heavy atom. The highest BCUT2D eigenvalue weighted by Gasteiger charge is 2.37. The average molecular weight is 427 g/mol. The number of hydrogen-bond donors (Lipinski definition) is 2. The highest BCUT2D eigenvalue weighted by Crippen LogP contribution is 2.29. The van der Waals surface area contributed by atoms with Crippen LogP contribution >= 0.6 is 0 Å². The minimum Gasteiger partial charge on any atom is -0.444 e. The molecule has 160 valence electrons. The van der Waals surface area contributed by atoms with Gasteiger partial charge in [-0.25, -0.2) is 27.3 Å². The average Bonchev–Trinajstić information content (AvgIpc) is 2.59. The third kappa shape index (κ3) is 5.17. The summed E-state index contributed by atoms with van der Waals surface area (Å²) in [5, 5.41) is 2.90. The second-order valence-corrected chi connectivity index (χ2v) is 10.2. The van der Waals surface area contributed by atoms with Crippen LogP contribution in [0.4, 0.5) is 14.9 Å². The number of anilines is 1. The van der Waals surface area contributed by atoms with Gasteiger partial charge in [-0.3, -0.25) is 0 Å². The zero-order valence-electron chi connectivity index (χ0n) is 17.1. The Morgan fingerprint density at radius 2 is 1.97 bits per heavy atom. The van der Waals surface area contributed by atoms with E-state index in [1.807, 2.05) is 0 Å². The van der Waals surface area contributed by atoms with E-state index in [0.717, 1.165) is 5.56 Å². The fourth-order valence-corrected chi connectivity index (χ4v) is 4.39. The molecule has 0 radical (unpaired) electrons. The molecule has 10 heteroatoms. The van der Waals surface area contributed by atoms with Gasteiger partial charge in [-0.1, -0.05) is 6.07 Å². The molecule has 0 saturated carbocycles. The number of carbonyl (C=O) groups excluding carboxylic acids is 1. The molecule has 8 nitrogen and oxygen atoms in total. The lowest BCUT2D eigenvalue weighted by Gasteiger charge is -2.36. The number of halogens is 1. The topological polar surface area (TPSA) is 100 Å². The van der Waals surface area contributed by atoms with Gasteiger partial charge in [0.15, 0.2) is 0 Å². The normalized spacial score (nSPS) is 21.7. The van der Waals surface area contributed by atoms with Gasteiger partial charge in [0.05, 0.1) is 12.2 Å². The van der Waals surface area contributed by atoms with E-state index >= 15 is 4.39 Å². The molecule has 29 heavy (non-hydrogen) atoms. The number of rotatable bonds is 2. The molecule has 0 spiro atoms. The van der Waals surface area contributed by atoms with E-state index in [9.17, 15) is 13.2 Å². The number of amides is 1. The molecule has 1 amide bonds. The van der Waals surface area contributed by atoms with Crippen molar-refractivity contribution >= 4 is 27.8 Å². The quantitative estimate of drug-likeness (QED) is 0.758. The third-order valence-corrected chi connectivity index (χ3v) is 6.12. The highest BCUT2D eigenvalue weighted by molar-refractivity contribution is 7.90. The molecule has 1 aromatic rings. The predicted octanol–water partition coefficient (Wildman–Crippen LogP) is 2.79. The zero-order valence-corrected chi connectivity index (χ0v) is 17.9. The molecule has 1 fully saturated rings. The van der Waals surface area contributed by atoms with Gasteiger partial charge in [0.25, 0.3) is 10.0 Å². The van der Waals surface area contributed by atoms with Crippen LogP contribution < -0.4 is 10.0 Å². The molecule has 0 bridgehead atoms. The van der Waals surface area contributed by atoms with Crippen molar-refractivity contribution in [2.24, 2.45) is 4.99 Å². The summed E-state index contributed by atoms with van der Waals surface area (Å²) < 4.78 is 47.6. The van der Waals surface area contributed by atoms with Gasteiger partial charge in [-0.2, -0.15) is 0 Å². The lowest BCUT2D eigenvalue weighted by molar-refractivity contribution is 0.00510. The summed E-state index contributed by atoms with van der Waals surface area (Å²) in [5.74, 6) is -0.00653. The first kappa shape index (κ1) is 21.4. The van der Waals surface area contributed by atoms with Crippen LogP contribution in [0.2, 0.25) is 0 Å². The molecular formula is C19H27FN4O4S. The SMILES string of the molecule is Cc1ccc2c(c1)S(=O)(=O)NC(=NCC1(F)CCN(C(=O)OC(C)(C)C)CC1)N2. The largest absolute Gasteiger partial charge is 0.444 e. The number of fused-ring (bicyclic) bond motifs is 1. The van der Waals surface area contributed by atoms with Crippen molar-refractivity contribution in [1.82, 2.24) is 9.62 Å². The maximum absolute atomic E-state index is 15.2. The number of carbonyl (C=O) groups is 1. The second kappa shape index (κ2) is 7.47. The molecular weight excluding hydrogens is 399 g/mol. The smallest absolute Gasteiger partial charge is 0.410 e. The molecule has 3 rings (SSSR count). The maximum atomic E-state index is 15.2. The van der Waals surface area contributed by atoms with Crippen molar-refractivity contribution in [3.8, 4) is 0 Å². The fraction of sp³-hybridized carbons (Fsp3) is 0.579. The van der Waals surface area contributed by atoms with Crippen LogP contribution in [0.25, 0.3) is 0 Å². The number of nitrogens with zero attached hydrogens (tertiary/aromatic N) is 2. The molecule has 2 aliphatic rings. The standard InChI is InChI=1S/C19H27FN4O4S/c1-13-5-6-14-15(11-13)29(26,27)23-16(22-14)21-12-19(20)7-9-24(10-8-19)17(25)28-18(2,3)4/h5-6,11H,7-10,12H2,1-4H3,(H2,21,22,23). The van der Waals surface area contributed by atoms with Crippen LogP contribution in [0.15, 0.2) is 28.1 Å². The Labute approximate surface area is 170 Å². The molecule has 2 aliphatic heterocycles. The van der Waals surface area contributed by atoms with E-state index in [-0.39, 0.29) is 43.3 Å². The minimum atomic E-state index is -3.76. The van der Waals surface area contributed by atoms with Gasteiger partial charge >= 0.3 is 6.09 Å². The summed E-state index contributed by atoms with van der Waals surface area (Å²) in [7, 11) is -3.76. The van der Waals surface area contributed by atoms with Crippen molar-refractivity contribution in [2.75, 3.05) is 25.0 Å². The van der Waals surface area contributed by atoms with Crippen LogP contribution in [0.1, 0.15) is 39.2 Å². The van der Waals surface area contributed by atoms with Crippen molar-refractivity contribution in [1.29, 1.82) is 0 Å². The van der Waals surface area contributed by atoms with Crippen molar-refractivity contribution in [3.63, 3.8) is 0 Å². The van der Waals surface area contributed by atoms with E-state index in [2.05, 4.69) is 15.0 Å². The number of likely N-dealkylation sites (tertiary alicyclic amines) is 1. The van der Waals surface area contributed by atoms with Crippen LogP contribution in [0.5, 0.6) is 0 Å². The van der Waals surface area contributed by atoms with Crippen LogP contribution in [-0.2, 0) is 14.8 Å². The number of nitrogens with one attached hydrogen (secondary N) is 2. The lowest BCUT2D eigenvalue weighted by Crippen LogP contribution is -2.48. The van der Waals surface area contributed by atoms with E-state index < -0.39 is 27.4 Å². The van der Waals surface area contributed by atoms with Gasteiger partial charge in [-0.05, 0) is 45.4 Å². The van der Waals surface area contributed by atoms with Crippen molar-refractivity contribution in [3.05, 3.63) is 23.8 Å². The number of sulfonamides is 1. The number of hydrogen-bond acceptors (Lipinski definition) is 5. The Hall–Kier alpha value is -2.36. The van der Waals surface area contributed by atoms with Crippen molar-refractivity contribution in [2.45, 2.75) is 56.7 Å². The monoisotopic (exact) mass is 426 g/mol. The van der Waals surface area contributed by atoms with Gasteiger partial charge in [0.1, 0.15) is 16.2 Å². The number of aryl methyl sites for hydroxylation is 1. The Kier molecular flexibility index (Phi) is 5.50. The van der Waals surface area contributed by atoms with E-state index in [1.165, 1.54) is 4.90 Å². The number of piperidine rings is 1. The minimum absolute atomic E-state index is 0.00653. The number of ether oxygens (including phenoxy) is 1. The summed E-state index contributed by atoms with van der Waals surface area (Å²) >= 11 is 0. The second-order valence-electron chi connectivity index (χ2n) is 8.51. The number of guanidine groups is 1. The predicted molar refractivity (Wildman–Crippen MR) is 108 cm³/mol. The van der Waals surface area contributed by atoms with Crippen LogP contribution in [-0.4, -0.2) is 56.3 Å². The molecule has 1 aromatic carbocycles. The summed E-state index contributed by atoms with van der Waals surface area (Å²) in [6.45, 7) is 7.37. The lowest BCUT2D eigenvalue weighted by atomic mass is 9.93. The number of aliphatic imine (C=N–C) groups is 1. The van der Waals surface area contributed by atoms with Gasteiger partial charge in [0, 0.05) is 25.9 Å². The fourth-order valence-electron chi connectivity index (χ4n) is 3.16. The molecule has 2 heterocycles. The summed E-state index contributed by atoms with van der Waals surface area (Å²) in [6, 6.07) is 5.00. The highest BCUT2D eigenvalue weighted by atomic mass is 32.2. The first-order chi connectivity index (χ1) is 13.4. The molecule has 0 unspecified atom stereocenters. The summed E-state index contributed by atoms with van der Waals surface area (Å²) in [5.41, 5.74) is -1.01. The number of alkyl halides is 1. The Morgan fingerprint density at radius 1 is 1.31 bits per heavy atom. The van der Waals surface area contributed by atoms with Crippen LogP contribution in [0.3, 0.4) is 0 Å². The van der Waals surface area contributed by atoms with Gasteiger partial charge in [0.2, 0.25) is 5.96 Å². The molecule has 2 N–H and O–H groups in total. The number of benzene rings is 1. The van der Waals surface area contributed by atoms with Gasteiger partial charge < -0.3 is 15.0 Å². The third-order valence-electron chi connectivity index (χ3n) is 4.74. The first-order valence-electron chi connectivity index (χ1n) is 9.49. The van der Waals surface area contributed by atoms with Gasteiger partial charge in [-0.15, -0.1) is 0 Å². The molecule has 0 atom stereocenters. The molecule has 1 saturated heterocycles. The van der Waals surface area contributed by atoms with E-state index in [4.69, 9.17) is 4.74 Å².